The highest BCUT2D eigenvalue weighted by Gasteiger charge is 2.07. The summed E-state index contributed by atoms with van der Waals surface area (Å²) in [6, 6.07) is 15.7. The van der Waals surface area contributed by atoms with Crippen LogP contribution in [0.15, 0.2) is 48.5 Å². The Morgan fingerprint density at radius 3 is 2.74 bits per heavy atom. The zero-order chi connectivity index (χ0) is 16.5. The minimum absolute atomic E-state index is 0.0107. The van der Waals surface area contributed by atoms with Crippen molar-refractivity contribution in [1.82, 2.24) is 5.32 Å². The number of carbonyl (C=O) groups is 1. The molecule has 23 heavy (non-hydrogen) atoms. The lowest BCUT2D eigenvalue weighted by Crippen LogP contribution is -2.14. The summed E-state index contributed by atoms with van der Waals surface area (Å²) in [5.74, 6) is 0.837. The first-order chi connectivity index (χ1) is 11.2. The van der Waals surface area contributed by atoms with Gasteiger partial charge in [-0.25, -0.2) is 0 Å². The fraction of sp³-hybridized carbons (Fsp3) is 0.316. The Balaban J connectivity index is 1.89. The summed E-state index contributed by atoms with van der Waals surface area (Å²) < 4.78 is 5.31. The number of ether oxygens (including phenoxy) is 1. The van der Waals surface area contributed by atoms with Crippen LogP contribution < -0.4 is 15.4 Å². The van der Waals surface area contributed by atoms with Crippen molar-refractivity contribution in [2.24, 2.45) is 0 Å². The molecule has 1 amide bonds. The molecule has 0 radical (unpaired) electrons. The van der Waals surface area contributed by atoms with E-state index in [1.54, 1.807) is 7.11 Å². The Morgan fingerprint density at radius 1 is 1.13 bits per heavy atom. The van der Waals surface area contributed by atoms with Gasteiger partial charge in [-0.2, -0.15) is 0 Å². The maximum atomic E-state index is 12.1. The molecule has 2 rings (SSSR count). The number of para-hydroxylation sites is 1. The number of anilines is 1. The molecule has 122 valence electrons. The quantitative estimate of drug-likeness (QED) is 0.785. The SMILES string of the molecule is CCNCc1cccc(NC(=O)CCc2ccccc2OC)c1. The van der Waals surface area contributed by atoms with Gasteiger partial charge in [-0.3, -0.25) is 4.79 Å². The van der Waals surface area contributed by atoms with Crippen molar-refractivity contribution in [3.63, 3.8) is 0 Å². The van der Waals surface area contributed by atoms with E-state index in [1.807, 2.05) is 48.5 Å². The molecule has 0 bridgehead atoms. The van der Waals surface area contributed by atoms with Gasteiger partial charge in [0.15, 0.2) is 0 Å². The lowest BCUT2D eigenvalue weighted by atomic mass is 10.1. The standard InChI is InChI=1S/C19H24N2O2/c1-3-20-14-15-7-6-9-17(13-15)21-19(22)12-11-16-8-4-5-10-18(16)23-2/h4-10,13,20H,3,11-12,14H2,1-2H3,(H,21,22). The maximum Gasteiger partial charge on any atom is 0.224 e. The highest BCUT2D eigenvalue weighted by atomic mass is 16.5. The van der Waals surface area contributed by atoms with Crippen LogP contribution in [0.25, 0.3) is 0 Å². The predicted octanol–water partition coefficient (Wildman–Crippen LogP) is 3.38. The van der Waals surface area contributed by atoms with Crippen LogP contribution in [0.3, 0.4) is 0 Å². The molecule has 4 nitrogen and oxygen atoms in total. The van der Waals surface area contributed by atoms with Gasteiger partial charge in [-0.15, -0.1) is 0 Å². The van der Waals surface area contributed by atoms with Gasteiger partial charge in [-0.1, -0.05) is 37.3 Å². The van der Waals surface area contributed by atoms with Crippen LogP contribution in [0.2, 0.25) is 0 Å². The van der Waals surface area contributed by atoms with Crippen molar-refractivity contribution in [3.05, 3.63) is 59.7 Å². The minimum Gasteiger partial charge on any atom is -0.496 e. The van der Waals surface area contributed by atoms with Crippen LogP contribution in [-0.4, -0.2) is 19.6 Å². The smallest absolute Gasteiger partial charge is 0.224 e. The van der Waals surface area contributed by atoms with Crippen molar-refractivity contribution in [1.29, 1.82) is 0 Å². The average molecular weight is 312 g/mol. The normalized spacial score (nSPS) is 10.3. The summed E-state index contributed by atoms with van der Waals surface area (Å²) in [5, 5.41) is 6.24. The van der Waals surface area contributed by atoms with Crippen LogP contribution in [0.4, 0.5) is 5.69 Å². The molecule has 0 fully saturated rings. The maximum absolute atomic E-state index is 12.1. The number of aryl methyl sites for hydroxylation is 1. The van der Waals surface area contributed by atoms with Crippen LogP contribution in [0.1, 0.15) is 24.5 Å². The van der Waals surface area contributed by atoms with Gasteiger partial charge in [0.05, 0.1) is 7.11 Å². The van der Waals surface area contributed by atoms with E-state index in [0.29, 0.717) is 12.8 Å². The van der Waals surface area contributed by atoms with E-state index < -0.39 is 0 Å². The van der Waals surface area contributed by atoms with Gasteiger partial charge >= 0.3 is 0 Å². The van der Waals surface area contributed by atoms with Gasteiger partial charge in [0.1, 0.15) is 5.75 Å². The molecule has 0 atom stereocenters. The second-order valence-electron chi connectivity index (χ2n) is 5.34. The molecule has 0 heterocycles. The third-order valence-electron chi connectivity index (χ3n) is 3.60. The Labute approximate surface area is 137 Å². The fourth-order valence-electron chi connectivity index (χ4n) is 2.41. The molecule has 0 aliphatic carbocycles. The van der Waals surface area contributed by atoms with Crippen molar-refractivity contribution >= 4 is 11.6 Å². The monoisotopic (exact) mass is 312 g/mol. The van der Waals surface area contributed by atoms with E-state index in [9.17, 15) is 4.79 Å². The molecular weight excluding hydrogens is 288 g/mol. The molecule has 0 spiro atoms. The molecule has 2 aromatic carbocycles. The number of carbonyl (C=O) groups excluding carboxylic acids is 1. The van der Waals surface area contributed by atoms with E-state index in [0.717, 1.165) is 35.7 Å². The Kier molecular flexibility index (Phi) is 6.63. The Hall–Kier alpha value is -2.33. The number of hydrogen-bond acceptors (Lipinski definition) is 3. The molecule has 2 aromatic rings. The summed E-state index contributed by atoms with van der Waals surface area (Å²) in [6.07, 6.45) is 1.09. The number of rotatable bonds is 8. The van der Waals surface area contributed by atoms with Gasteiger partial charge in [0, 0.05) is 18.7 Å². The fourth-order valence-corrected chi connectivity index (χ4v) is 2.41. The number of amides is 1. The lowest BCUT2D eigenvalue weighted by Gasteiger charge is -2.09. The van der Waals surface area contributed by atoms with Gasteiger partial charge in [0.2, 0.25) is 5.91 Å². The third-order valence-corrected chi connectivity index (χ3v) is 3.60. The van der Waals surface area contributed by atoms with Crippen molar-refractivity contribution in [2.45, 2.75) is 26.3 Å². The van der Waals surface area contributed by atoms with Crippen molar-refractivity contribution in [2.75, 3.05) is 19.0 Å². The van der Waals surface area contributed by atoms with Crippen LogP contribution in [-0.2, 0) is 17.8 Å². The van der Waals surface area contributed by atoms with Gasteiger partial charge in [-0.05, 0) is 42.3 Å². The molecule has 0 saturated carbocycles. The largest absolute Gasteiger partial charge is 0.496 e. The number of hydrogen-bond donors (Lipinski definition) is 2. The lowest BCUT2D eigenvalue weighted by molar-refractivity contribution is -0.116. The minimum atomic E-state index is 0.0107. The van der Waals surface area contributed by atoms with E-state index in [2.05, 4.69) is 17.6 Å². The first-order valence-corrected chi connectivity index (χ1v) is 7.94. The highest BCUT2D eigenvalue weighted by molar-refractivity contribution is 5.90. The number of nitrogens with one attached hydrogen (secondary N) is 2. The van der Waals surface area contributed by atoms with E-state index in [4.69, 9.17) is 4.74 Å². The molecule has 2 N–H and O–H groups in total. The van der Waals surface area contributed by atoms with Gasteiger partial charge < -0.3 is 15.4 Å². The predicted molar refractivity (Wildman–Crippen MR) is 93.8 cm³/mol. The molecule has 4 heteroatoms. The molecule has 0 saturated heterocycles. The second-order valence-corrected chi connectivity index (χ2v) is 5.34. The molecule has 0 aliphatic rings. The first-order valence-electron chi connectivity index (χ1n) is 7.94. The summed E-state index contributed by atoms with van der Waals surface area (Å²) >= 11 is 0. The number of methoxy groups -OCH3 is 1. The second kappa shape index (κ2) is 8.96. The topological polar surface area (TPSA) is 50.4 Å². The van der Waals surface area contributed by atoms with E-state index >= 15 is 0 Å². The summed E-state index contributed by atoms with van der Waals surface area (Å²) in [4.78, 5) is 12.1. The Morgan fingerprint density at radius 2 is 1.96 bits per heavy atom. The van der Waals surface area contributed by atoms with Gasteiger partial charge in [0.25, 0.3) is 0 Å². The third kappa shape index (κ3) is 5.42. The summed E-state index contributed by atoms with van der Waals surface area (Å²) in [7, 11) is 1.65. The summed E-state index contributed by atoms with van der Waals surface area (Å²) in [6.45, 7) is 3.81. The highest BCUT2D eigenvalue weighted by Crippen LogP contribution is 2.19. The molecule has 0 unspecified atom stereocenters. The van der Waals surface area contributed by atoms with Crippen molar-refractivity contribution in [3.8, 4) is 5.75 Å². The Bertz CT molecular complexity index is 641. The van der Waals surface area contributed by atoms with Crippen LogP contribution >= 0.6 is 0 Å². The van der Waals surface area contributed by atoms with E-state index in [1.165, 1.54) is 0 Å². The molecular formula is C19H24N2O2. The average Bonchev–Trinajstić information content (AvgIpc) is 2.58. The molecule has 0 aromatic heterocycles. The van der Waals surface area contributed by atoms with E-state index in [-0.39, 0.29) is 5.91 Å². The van der Waals surface area contributed by atoms with Crippen LogP contribution in [0.5, 0.6) is 5.75 Å². The summed E-state index contributed by atoms with van der Waals surface area (Å²) in [5.41, 5.74) is 3.05. The zero-order valence-electron chi connectivity index (χ0n) is 13.8. The van der Waals surface area contributed by atoms with Crippen molar-refractivity contribution < 1.29 is 9.53 Å². The zero-order valence-corrected chi connectivity index (χ0v) is 13.8. The van der Waals surface area contributed by atoms with Crippen LogP contribution in [0, 0.1) is 0 Å². The number of benzene rings is 2. The molecule has 0 aliphatic heterocycles. The first kappa shape index (κ1) is 17.0.